The molecule has 0 spiro atoms. The van der Waals surface area contributed by atoms with Gasteiger partial charge in [-0.2, -0.15) is 0 Å². The number of fused-ring (bicyclic) bond motifs is 1. The van der Waals surface area contributed by atoms with E-state index >= 15 is 0 Å². The average Bonchev–Trinajstić information content (AvgIpc) is 2.65. The summed E-state index contributed by atoms with van der Waals surface area (Å²) in [6.45, 7) is 13.1. The van der Waals surface area contributed by atoms with Crippen LogP contribution in [0.4, 0.5) is 0 Å². The number of carbonyl (C=O) groups excluding carboxylic acids is 1. The first-order valence-electron chi connectivity index (χ1n) is 7.23. The van der Waals surface area contributed by atoms with Gasteiger partial charge in [0.25, 0.3) is 0 Å². The number of hydrogen-bond acceptors (Lipinski definition) is 1. The van der Waals surface area contributed by atoms with E-state index in [4.69, 9.17) is 0 Å². The fourth-order valence-electron chi connectivity index (χ4n) is 4.53. The Kier molecular flexibility index (Phi) is 3.08. The molecule has 0 heterocycles. The van der Waals surface area contributed by atoms with E-state index in [0.717, 1.165) is 6.42 Å². The van der Waals surface area contributed by atoms with Crippen molar-refractivity contribution in [2.45, 2.75) is 54.4 Å². The summed E-state index contributed by atoms with van der Waals surface area (Å²) in [7, 11) is 0. The molecule has 0 aliphatic heterocycles. The maximum Gasteiger partial charge on any atom is 0.139 e. The van der Waals surface area contributed by atoms with E-state index in [0.29, 0.717) is 24.0 Å². The normalized spacial score (nSPS) is 42.6. The number of ketones is 1. The Bertz CT molecular complexity index is 443. The van der Waals surface area contributed by atoms with Gasteiger partial charge in [-0.25, -0.2) is 0 Å². The van der Waals surface area contributed by atoms with E-state index in [1.54, 1.807) is 0 Å². The van der Waals surface area contributed by atoms with Gasteiger partial charge in [-0.15, -0.1) is 0 Å². The predicted molar refractivity (Wildman–Crippen MR) is 76.3 cm³/mol. The van der Waals surface area contributed by atoms with Gasteiger partial charge >= 0.3 is 0 Å². The van der Waals surface area contributed by atoms with Gasteiger partial charge in [0.15, 0.2) is 0 Å². The Morgan fingerprint density at radius 3 is 2.50 bits per heavy atom. The summed E-state index contributed by atoms with van der Waals surface area (Å²) in [5.41, 5.74) is 2.91. The van der Waals surface area contributed by atoms with Crippen LogP contribution in [0.2, 0.25) is 0 Å². The lowest BCUT2D eigenvalue weighted by atomic mass is 9.81. The molecule has 0 saturated heterocycles. The summed E-state index contributed by atoms with van der Waals surface area (Å²) in [4.78, 5) is 12.3. The Balaban J connectivity index is 2.37. The van der Waals surface area contributed by atoms with Crippen molar-refractivity contribution in [3.63, 3.8) is 0 Å². The van der Waals surface area contributed by atoms with Crippen LogP contribution in [0.15, 0.2) is 23.3 Å². The highest BCUT2D eigenvalue weighted by Gasteiger charge is 2.77. The van der Waals surface area contributed by atoms with Crippen LogP contribution in [-0.4, -0.2) is 5.78 Å². The Morgan fingerprint density at radius 2 is 2.00 bits per heavy atom. The van der Waals surface area contributed by atoms with Crippen molar-refractivity contribution in [1.82, 2.24) is 0 Å². The molecule has 1 nitrogen and oxygen atoms in total. The van der Waals surface area contributed by atoms with E-state index in [1.165, 1.54) is 11.1 Å². The van der Waals surface area contributed by atoms with Gasteiger partial charge in [0.1, 0.15) is 5.78 Å². The highest BCUT2D eigenvalue weighted by molar-refractivity contribution is 5.90. The molecular formula is C17H26O. The molecule has 0 aromatic carbocycles. The Hall–Kier alpha value is -0.850. The number of carbonyl (C=O) groups is 1. The highest BCUT2D eigenvalue weighted by Crippen LogP contribution is 2.78. The zero-order chi connectivity index (χ0) is 13.7. The SMILES string of the molecule is CC/C=C(\C)[C@H]1C(C)=C[C@@]2(C)[C@@H]1[C@]2(C)C(=O)CC. The third-order valence-corrected chi connectivity index (χ3v) is 5.57. The molecule has 0 N–H and O–H groups in total. The van der Waals surface area contributed by atoms with Crippen LogP contribution >= 0.6 is 0 Å². The van der Waals surface area contributed by atoms with Gasteiger partial charge in [0, 0.05) is 23.2 Å². The first-order valence-corrected chi connectivity index (χ1v) is 7.23. The molecular weight excluding hydrogens is 220 g/mol. The molecule has 1 heteroatoms. The van der Waals surface area contributed by atoms with Gasteiger partial charge in [0.05, 0.1) is 0 Å². The second-order valence-corrected chi connectivity index (χ2v) is 6.46. The molecule has 0 radical (unpaired) electrons. The van der Waals surface area contributed by atoms with Crippen LogP contribution < -0.4 is 0 Å². The average molecular weight is 246 g/mol. The van der Waals surface area contributed by atoms with Crippen molar-refractivity contribution >= 4 is 5.78 Å². The topological polar surface area (TPSA) is 17.1 Å². The maximum atomic E-state index is 12.3. The quantitative estimate of drug-likeness (QED) is 0.666. The minimum absolute atomic E-state index is 0.109. The summed E-state index contributed by atoms with van der Waals surface area (Å²) in [6.07, 6.45) is 6.45. The van der Waals surface area contributed by atoms with E-state index < -0.39 is 0 Å². The monoisotopic (exact) mass is 246 g/mol. The van der Waals surface area contributed by atoms with Crippen LogP contribution in [-0.2, 0) is 4.79 Å². The molecule has 0 bridgehead atoms. The van der Waals surface area contributed by atoms with Crippen LogP contribution in [0.3, 0.4) is 0 Å². The predicted octanol–water partition coefficient (Wildman–Crippen LogP) is 4.54. The van der Waals surface area contributed by atoms with Gasteiger partial charge in [-0.3, -0.25) is 4.79 Å². The molecule has 0 aromatic heterocycles. The number of Topliss-reactive ketones (excluding diaryl/α,β-unsaturated/α-hetero) is 1. The molecule has 4 atom stereocenters. The molecule has 0 unspecified atom stereocenters. The van der Waals surface area contributed by atoms with Crippen molar-refractivity contribution in [3.8, 4) is 0 Å². The molecule has 2 aliphatic rings. The summed E-state index contributed by atoms with van der Waals surface area (Å²) >= 11 is 0. The van der Waals surface area contributed by atoms with E-state index in [2.05, 4.69) is 46.8 Å². The second kappa shape index (κ2) is 4.08. The summed E-state index contributed by atoms with van der Waals surface area (Å²) in [5, 5.41) is 0. The molecule has 2 rings (SSSR count). The number of hydrogen-bond donors (Lipinski definition) is 0. The van der Waals surface area contributed by atoms with Gasteiger partial charge in [-0.1, -0.05) is 51.0 Å². The van der Waals surface area contributed by atoms with Gasteiger partial charge in [0.2, 0.25) is 0 Å². The van der Waals surface area contributed by atoms with Crippen molar-refractivity contribution in [3.05, 3.63) is 23.3 Å². The van der Waals surface area contributed by atoms with E-state index in [1.807, 2.05) is 6.92 Å². The smallest absolute Gasteiger partial charge is 0.139 e. The van der Waals surface area contributed by atoms with E-state index in [9.17, 15) is 4.79 Å². The maximum absolute atomic E-state index is 12.3. The van der Waals surface area contributed by atoms with Crippen molar-refractivity contribution in [1.29, 1.82) is 0 Å². The third-order valence-electron chi connectivity index (χ3n) is 5.57. The fourth-order valence-corrected chi connectivity index (χ4v) is 4.53. The summed E-state index contributed by atoms with van der Waals surface area (Å²) in [6, 6.07) is 0. The summed E-state index contributed by atoms with van der Waals surface area (Å²) in [5.74, 6) is 1.43. The van der Waals surface area contributed by atoms with Crippen molar-refractivity contribution < 1.29 is 4.79 Å². The Labute approximate surface area is 111 Å². The Morgan fingerprint density at radius 1 is 1.39 bits per heavy atom. The molecule has 100 valence electrons. The lowest BCUT2D eigenvalue weighted by Gasteiger charge is -2.22. The van der Waals surface area contributed by atoms with Crippen LogP contribution in [0.25, 0.3) is 0 Å². The highest BCUT2D eigenvalue weighted by atomic mass is 16.1. The van der Waals surface area contributed by atoms with Crippen LogP contribution in [0.1, 0.15) is 54.4 Å². The van der Waals surface area contributed by atoms with Crippen LogP contribution in [0, 0.1) is 22.7 Å². The molecule has 0 aromatic rings. The minimum Gasteiger partial charge on any atom is -0.299 e. The lowest BCUT2D eigenvalue weighted by molar-refractivity contribution is -0.124. The second-order valence-electron chi connectivity index (χ2n) is 6.46. The number of rotatable bonds is 4. The fraction of sp³-hybridized carbons (Fsp3) is 0.706. The molecule has 2 aliphatic carbocycles. The molecule has 1 saturated carbocycles. The largest absolute Gasteiger partial charge is 0.299 e. The van der Waals surface area contributed by atoms with Crippen LogP contribution in [0.5, 0.6) is 0 Å². The van der Waals surface area contributed by atoms with Crippen molar-refractivity contribution in [2.24, 2.45) is 22.7 Å². The van der Waals surface area contributed by atoms with E-state index in [-0.39, 0.29) is 10.8 Å². The molecule has 0 amide bonds. The van der Waals surface area contributed by atoms with Crippen molar-refractivity contribution in [2.75, 3.05) is 0 Å². The zero-order valence-corrected chi connectivity index (χ0v) is 12.6. The first kappa shape index (κ1) is 13.6. The third kappa shape index (κ3) is 1.42. The standard InChI is InChI=1S/C17H26O/c1-7-9-11(3)14-12(4)10-16(5)15(14)17(16,6)13(18)8-2/h9-10,14-15H,7-8H2,1-6H3/b11-9+/t14-,15+,16-,17-/m0/s1. The summed E-state index contributed by atoms with van der Waals surface area (Å²) < 4.78 is 0. The number of allylic oxidation sites excluding steroid dienone is 4. The molecule has 18 heavy (non-hydrogen) atoms. The van der Waals surface area contributed by atoms with Gasteiger partial charge in [-0.05, 0) is 26.2 Å². The van der Waals surface area contributed by atoms with Gasteiger partial charge < -0.3 is 0 Å². The molecule has 1 fully saturated rings. The zero-order valence-electron chi connectivity index (χ0n) is 12.6. The lowest BCUT2D eigenvalue weighted by Crippen LogP contribution is -2.22. The first-order chi connectivity index (χ1) is 8.34. The minimum atomic E-state index is -0.116.